The lowest BCUT2D eigenvalue weighted by atomic mass is 10.1. The van der Waals surface area contributed by atoms with Crippen LogP contribution in [0.1, 0.15) is 30.7 Å². The summed E-state index contributed by atoms with van der Waals surface area (Å²) in [5, 5.41) is 3.27. The van der Waals surface area contributed by atoms with Crippen molar-refractivity contribution < 1.29 is 9.15 Å². The van der Waals surface area contributed by atoms with E-state index in [1.165, 1.54) is 5.56 Å². The molecule has 0 saturated heterocycles. The second-order valence-corrected chi connectivity index (χ2v) is 4.45. The average molecular weight is 259 g/mol. The van der Waals surface area contributed by atoms with Crippen LogP contribution in [0.2, 0.25) is 0 Å². The van der Waals surface area contributed by atoms with E-state index in [0.29, 0.717) is 6.61 Å². The Bertz CT molecular complexity index is 505. The van der Waals surface area contributed by atoms with E-state index in [2.05, 4.69) is 25.2 Å². The van der Waals surface area contributed by atoms with Crippen LogP contribution in [0.15, 0.2) is 41.0 Å². The smallest absolute Gasteiger partial charge is 0.146 e. The number of benzene rings is 1. The Labute approximate surface area is 114 Å². The molecule has 0 atom stereocenters. The SMILES string of the molecule is CCNCc1coc(COc2ccccc2CC)c1. The van der Waals surface area contributed by atoms with Crippen molar-refractivity contribution in [1.82, 2.24) is 5.32 Å². The van der Waals surface area contributed by atoms with Crippen molar-refractivity contribution in [2.75, 3.05) is 6.54 Å². The van der Waals surface area contributed by atoms with Crippen LogP contribution in [0.25, 0.3) is 0 Å². The third-order valence-electron chi connectivity index (χ3n) is 3.01. The Balaban J connectivity index is 1.93. The summed E-state index contributed by atoms with van der Waals surface area (Å²) in [7, 11) is 0. The normalized spacial score (nSPS) is 10.6. The molecular weight excluding hydrogens is 238 g/mol. The standard InChI is InChI=1S/C16H21NO2/c1-3-14-7-5-6-8-16(14)19-12-15-9-13(11-18-15)10-17-4-2/h5-9,11,17H,3-4,10,12H2,1-2H3. The van der Waals surface area contributed by atoms with Gasteiger partial charge in [0.1, 0.15) is 18.1 Å². The fourth-order valence-electron chi connectivity index (χ4n) is 1.95. The maximum Gasteiger partial charge on any atom is 0.146 e. The molecule has 0 aliphatic carbocycles. The summed E-state index contributed by atoms with van der Waals surface area (Å²) in [6.07, 6.45) is 2.76. The van der Waals surface area contributed by atoms with E-state index < -0.39 is 0 Å². The van der Waals surface area contributed by atoms with E-state index in [-0.39, 0.29) is 0 Å². The molecule has 1 N–H and O–H groups in total. The van der Waals surface area contributed by atoms with E-state index in [1.807, 2.05) is 24.3 Å². The van der Waals surface area contributed by atoms with Gasteiger partial charge in [0, 0.05) is 12.1 Å². The first-order chi connectivity index (χ1) is 9.33. The topological polar surface area (TPSA) is 34.4 Å². The number of aryl methyl sites for hydroxylation is 1. The summed E-state index contributed by atoms with van der Waals surface area (Å²) in [5.74, 6) is 1.80. The van der Waals surface area contributed by atoms with E-state index in [4.69, 9.17) is 9.15 Å². The lowest BCUT2D eigenvalue weighted by Crippen LogP contribution is -2.10. The number of hydrogen-bond donors (Lipinski definition) is 1. The van der Waals surface area contributed by atoms with Gasteiger partial charge < -0.3 is 14.5 Å². The van der Waals surface area contributed by atoms with Crippen molar-refractivity contribution in [3.8, 4) is 5.75 Å². The maximum atomic E-state index is 5.82. The molecule has 0 bridgehead atoms. The quantitative estimate of drug-likeness (QED) is 0.826. The first kappa shape index (κ1) is 13.7. The highest BCUT2D eigenvalue weighted by Crippen LogP contribution is 2.20. The number of ether oxygens (including phenoxy) is 1. The molecule has 0 amide bonds. The van der Waals surface area contributed by atoms with E-state index in [0.717, 1.165) is 36.6 Å². The van der Waals surface area contributed by atoms with Gasteiger partial charge in [0.15, 0.2) is 0 Å². The molecule has 0 aliphatic rings. The molecule has 102 valence electrons. The van der Waals surface area contributed by atoms with Gasteiger partial charge in [-0.3, -0.25) is 0 Å². The average Bonchev–Trinajstić information content (AvgIpc) is 2.91. The largest absolute Gasteiger partial charge is 0.485 e. The van der Waals surface area contributed by atoms with E-state index in [9.17, 15) is 0 Å². The lowest BCUT2D eigenvalue weighted by molar-refractivity contribution is 0.268. The van der Waals surface area contributed by atoms with Crippen LogP contribution in [0.3, 0.4) is 0 Å². The molecule has 0 spiro atoms. The molecule has 1 heterocycles. The van der Waals surface area contributed by atoms with Crippen molar-refractivity contribution in [2.24, 2.45) is 0 Å². The molecule has 1 aromatic carbocycles. The van der Waals surface area contributed by atoms with Gasteiger partial charge >= 0.3 is 0 Å². The summed E-state index contributed by atoms with van der Waals surface area (Å²) in [4.78, 5) is 0. The zero-order chi connectivity index (χ0) is 13.5. The fraction of sp³-hybridized carbons (Fsp3) is 0.375. The van der Waals surface area contributed by atoms with Crippen LogP contribution in [0, 0.1) is 0 Å². The molecule has 3 nitrogen and oxygen atoms in total. The van der Waals surface area contributed by atoms with Crippen molar-refractivity contribution in [3.05, 3.63) is 53.5 Å². The molecule has 19 heavy (non-hydrogen) atoms. The molecule has 2 rings (SSSR count). The first-order valence-electron chi connectivity index (χ1n) is 6.81. The zero-order valence-corrected chi connectivity index (χ0v) is 11.6. The van der Waals surface area contributed by atoms with Crippen molar-refractivity contribution >= 4 is 0 Å². The van der Waals surface area contributed by atoms with Crippen molar-refractivity contribution in [1.29, 1.82) is 0 Å². The van der Waals surface area contributed by atoms with Crippen LogP contribution < -0.4 is 10.1 Å². The molecule has 0 saturated carbocycles. The second kappa shape index (κ2) is 7.00. The Morgan fingerprint density at radius 1 is 1.21 bits per heavy atom. The van der Waals surface area contributed by atoms with Gasteiger partial charge in [-0.1, -0.05) is 32.0 Å². The minimum Gasteiger partial charge on any atom is -0.485 e. The molecule has 3 heteroatoms. The van der Waals surface area contributed by atoms with E-state index >= 15 is 0 Å². The summed E-state index contributed by atoms with van der Waals surface area (Å²) >= 11 is 0. The number of furan rings is 1. The number of rotatable bonds is 7. The van der Waals surface area contributed by atoms with Crippen LogP contribution in [0.5, 0.6) is 5.75 Å². The summed E-state index contributed by atoms with van der Waals surface area (Å²) in [6, 6.07) is 10.2. The zero-order valence-electron chi connectivity index (χ0n) is 11.6. The summed E-state index contributed by atoms with van der Waals surface area (Å²) < 4.78 is 11.3. The highest BCUT2D eigenvalue weighted by atomic mass is 16.5. The maximum absolute atomic E-state index is 5.82. The summed E-state index contributed by atoms with van der Waals surface area (Å²) in [5.41, 5.74) is 2.38. The Hall–Kier alpha value is -1.74. The van der Waals surface area contributed by atoms with Gasteiger partial charge in [-0.2, -0.15) is 0 Å². The molecule has 0 fully saturated rings. The number of para-hydroxylation sites is 1. The van der Waals surface area contributed by atoms with Gasteiger partial charge in [0.2, 0.25) is 0 Å². The predicted molar refractivity (Wildman–Crippen MR) is 76.2 cm³/mol. The third-order valence-corrected chi connectivity index (χ3v) is 3.01. The molecule has 0 aliphatic heterocycles. The first-order valence-corrected chi connectivity index (χ1v) is 6.81. The van der Waals surface area contributed by atoms with Crippen molar-refractivity contribution in [3.63, 3.8) is 0 Å². The van der Waals surface area contributed by atoms with Crippen LogP contribution in [-0.2, 0) is 19.6 Å². The molecule has 2 aromatic rings. The summed E-state index contributed by atoms with van der Waals surface area (Å²) in [6.45, 7) is 6.49. The minimum absolute atomic E-state index is 0.475. The van der Waals surface area contributed by atoms with Gasteiger partial charge in [-0.25, -0.2) is 0 Å². The van der Waals surface area contributed by atoms with Gasteiger partial charge in [0.05, 0.1) is 6.26 Å². The highest BCUT2D eigenvalue weighted by Gasteiger charge is 2.05. The molecular formula is C16H21NO2. The van der Waals surface area contributed by atoms with Gasteiger partial charge in [-0.05, 0) is 30.7 Å². The highest BCUT2D eigenvalue weighted by molar-refractivity contribution is 5.33. The Morgan fingerprint density at radius 3 is 2.84 bits per heavy atom. The van der Waals surface area contributed by atoms with Gasteiger partial charge in [0.25, 0.3) is 0 Å². The Kier molecular flexibility index (Phi) is 5.04. The van der Waals surface area contributed by atoms with Crippen LogP contribution in [-0.4, -0.2) is 6.54 Å². The van der Waals surface area contributed by atoms with Gasteiger partial charge in [-0.15, -0.1) is 0 Å². The van der Waals surface area contributed by atoms with E-state index in [1.54, 1.807) is 6.26 Å². The minimum atomic E-state index is 0.475. The molecule has 1 aromatic heterocycles. The number of nitrogens with one attached hydrogen (secondary N) is 1. The number of hydrogen-bond acceptors (Lipinski definition) is 3. The molecule has 0 radical (unpaired) electrons. The van der Waals surface area contributed by atoms with Crippen molar-refractivity contribution in [2.45, 2.75) is 33.4 Å². The van der Waals surface area contributed by atoms with Crippen LogP contribution >= 0.6 is 0 Å². The second-order valence-electron chi connectivity index (χ2n) is 4.45. The third kappa shape index (κ3) is 3.86. The van der Waals surface area contributed by atoms with Crippen LogP contribution in [0.4, 0.5) is 0 Å². The Morgan fingerprint density at radius 2 is 2.05 bits per heavy atom. The predicted octanol–water partition coefficient (Wildman–Crippen LogP) is 3.53. The molecule has 0 unspecified atom stereocenters. The monoisotopic (exact) mass is 259 g/mol. The lowest BCUT2D eigenvalue weighted by Gasteiger charge is -2.08. The fourth-order valence-corrected chi connectivity index (χ4v) is 1.95.